The number of benzene rings is 1. The minimum absolute atomic E-state index is 0.00426. The first-order valence-electron chi connectivity index (χ1n) is 5.34. The molecule has 15 heavy (non-hydrogen) atoms. The summed E-state index contributed by atoms with van der Waals surface area (Å²) < 4.78 is 0. The van der Waals surface area contributed by atoms with Crippen LogP contribution in [0.2, 0.25) is 0 Å². The van der Waals surface area contributed by atoms with Gasteiger partial charge in [0.2, 0.25) is 0 Å². The lowest BCUT2D eigenvalue weighted by atomic mass is 10.1. The van der Waals surface area contributed by atoms with Crippen LogP contribution in [-0.4, -0.2) is 24.0 Å². The molecule has 0 heterocycles. The summed E-state index contributed by atoms with van der Waals surface area (Å²) in [6.07, 6.45) is 1.86. The Morgan fingerprint density at radius 3 is 2.53 bits per heavy atom. The summed E-state index contributed by atoms with van der Waals surface area (Å²) in [6.45, 7) is 6.30. The van der Waals surface area contributed by atoms with Gasteiger partial charge in [0.05, 0.1) is 12.6 Å². The van der Waals surface area contributed by atoms with E-state index in [-0.39, 0.29) is 12.6 Å². The zero-order valence-electron chi connectivity index (χ0n) is 9.64. The molecule has 0 aliphatic carbocycles. The summed E-state index contributed by atoms with van der Waals surface area (Å²) in [5.41, 5.74) is 2.33. The minimum atomic E-state index is 0.00426. The van der Waals surface area contributed by atoms with Gasteiger partial charge in [-0.1, -0.05) is 38.1 Å². The van der Waals surface area contributed by atoms with E-state index in [1.807, 2.05) is 24.4 Å². The highest BCUT2D eigenvalue weighted by molar-refractivity contribution is 5.81. The Kier molecular flexibility index (Phi) is 4.50. The smallest absolute Gasteiger partial charge is 0.0753 e. The minimum Gasteiger partial charge on any atom is -0.394 e. The van der Waals surface area contributed by atoms with E-state index < -0.39 is 0 Å². The maximum atomic E-state index is 9.13. The third kappa shape index (κ3) is 3.48. The van der Waals surface area contributed by atoms with E-state index in [1.54, 1.807) is 0 Å². The first-order valence-corrected chi connectivity index (χ1v) is 5.34. The van der Waals surface area contributed by atoms with E-state index in [0.29, 0.717) is 5.92 Å². The summed E-state index contributed by atoms with van der Waals surface area (Å²) in [7, 11) is 0. The van der Waals surface area contributed by atoms with Crippen LogP contribution in [0, 0.1) is 12.8 Å². The highest BCUT2D eigenvalue weighted by Crippen LogP contribution is 2.08. The van der Waals surface area contributed by atoms with Gasteiger partial charge in [0, 0.05) is 6.21 Å². The van der Waals surface area contributed by atoms with Crippen LogP contribution in [0.3, 0.4) is 0 Å². The Morgan fingerprint density at radius 2 is 2.00 bits per heavy atom. The zero-order valence-corrected chi connectivity index (χ0v) is 9.64. The van der Waals surface area contributed by atoms with Crippen LogP contribution in [0.5, 0.6) is 0 Å². The van der Waals surface area contributed by atoms with Crippen LogP contribution in [0.4, 0.5) is 0 Å². The van der Waals surface area contributed by atoms with Gasteiger partial charge in [-0.15, -0.1) is 0 Å². The molecule has 1 N–H and O–H groups in total. The molecule has 1 rings (SSSR count). The molecule has 0 fully saturated rings. The molecule has 1 unspecified atom stereocenters. The van der Waals surface area contributed by atoms with Crippen molar-refractivity contribution in [3.8, 4) is 0 Å². The maximum Gasteiger partial charge on any atom is 0.0753 e. The highest BCUT2D eigenvalue weighted by Gasteiger charge is 2.08. The van der Waals surface area contributed by atoms with E-state index >= 15 is 0 Å². The summed E-state index contributed by atoms with van der Waals surface area (Å²) in [4.78, 5) is 4.40. The predicted octanol–water partition coefficient (Wildman–Crippen LogP) is 2.43. The summed E-state index contributed by atoms with van der Waals surface area (Å²) in [6, 6.07) is 8.11. The summed E-state index contributed by atoms with van der Waals surface area (Å²) >= 11 is 0. The van der Waals surface area contributed by atoms with Crippen molar-refractivity contribution in [2.24, 2.45) is 10.9 Å². The van der Waals surface area contributed by atoms with Crippen molar-refractivity contribution in [1.29, 1.82) is 0 Å². The average Bonchev–Trinajstić information content (AvgIpc) is 2.21. The van der Waals surface area contributed by atoms with Gasteiger partial charge < -0.3 is 5.11 Å². The van der Waals surface area contributed by atoms with Crippen LogP contribution in [-0.2, 0) is 0 Å². The fourth-order valence-electron chi connectivity index (χ4n) is 1.34. The van der Waals surface area contributed by atoms with E-state index in [9.17, 15) is 0 Å². The van der Waals surface area contributed by atoms with Gasteiger partial charge in [0.15, 0.2) is 0 Å². The maximum absolute atomic E-state index is 9.13. The average molecular weight is 205 g/mol. The molecule has 0 aromatic heterocycles. The normalized spacial score (nSPS) is 13.7. The van der Waals surface area contributed by atoms with Gasteiger partial charge in [-0.25, -0.2) is 0 Å². The fraction of sp³-hybridized carbons (Fsp3) is 0.462. The summed E-state index contributed by atoms with van der Waals surface area (Å²) in [5, 5.41) is 9.13. The largest absolute Gasteiger partial charge is 0.394 e. The molecule has 82 valence electrons. The monoisotopic (exact) mass is 205 g/mol. The molecular weight excluding hydrogens is 186 g/mol. The molecule has 0 saturated heterocycles. The van der Waals surface area contributed by atoms with Gasteiger partial charge in [-0.05, 0) is 24.0 Å². The van der Waals surface area contributed by atoms with E-state index in [4.69, 9.17) is 5.11 Å². The first-order chi connectivity index (χ1) is 7.15. The first kappa shape index (κ1) is 11.9. The number of aliphatic hydroxyl groups excluding tert-OH is 1. The number of aryl methyl sites for hydroxylation is 1. The van der Waals surface area contributed by atoms with Gasteiger partial charge >= 0.3 is 0 Å². The molecule has 0 aliphatic rings. The Labute approximate surface area is 91.7 Å². The highest BCUT2D eigenvalue weighted by atomic mass is 16.3. The molecule has 0 radical (unpaired) electrons. The lowest BCUT2D eigenvalue weighted by Gasteiger charge is -2.12. The number of aliphatic hydroxyl groups is 1. The molecule has 0 saturated carbocycles. The molecule has 0 spiro atoms. The third-order valence-electron chi connectivity index (χ3n) is 2.55. The number of nitrogens with zero attached hydrogens (tertiary/aromatic N) is 1. The second kappa shape index (κ2) is 5.66. The quantitative estimate of drug-likeness (QED) is 0.752. The molecule has 1 aromatic carbocycles. The number of hydrogen-bond acceptors (Lipinski definition) is 2. The number of hydrogen-bond donors (Lipinski definition) is 1. The Morgan fingerprint density at radius 1 is 1.33 bits per heavy atom. The van der Waals surface area contributed by atoms with Gasteiger partial charge in [-0.2, -0.15) is 0 Å². The Balaban J connectivity index is 2.76. The van der Waals surface area contributed by atoms with E-state index in [2.05, 4.69) is 31.8 Å². The SMILES string of the molecule is Cc1ccccc1C=NC(CO)C(C)C. The molecule has 0 amide bonds. The molecule has 2 heteroatoms. The standard InChI is InChI=1S/C13H19NO/c1-10(2)13(9-15)14-8-12-7-5-4-6-11(12)3/h4-8,10,13,15H,9H2,1-3H3. The van der Waals surface area contributed by atoms with Crippen LogP contribution in [0.15, 0.2) is 29.3 Å². The molecule has 1 aromatic rings. The van der Waals surface area contributed by atoms with E-state index in [1.165, 1.54) is 5.56 Å². The third-order valence-corrected chi connectivity index (χ3v) is 2.55. The van der Waals surface area contributed by atoms with Crippen LogP contribution >= 0.6 is 0 Å². The lowest BCUT2D eigenvalue weighted by molar-refractivity contribution is 0.240. The number of aliphatic imine (C=N–C) groups is 1. The van der Waals surface area contributed by atoms with Crippen molar-refractivity contribution < 1.29 is 5.11 Å². The topological polar surface area (TPSA) is 32.6 Å². The molecular formula is C13H19NO. The van der Waals surface area contributed by atoms with Crippen molar-refractivity contribution in [2.75, 3.05) is 6.61 Å². The van der Waals surface area contributed by atoms with Crippen LogP contribution in [0.25, 0.3) is 0 Å². The van der Waals surface area contributed by atoms with E-state index in [0.717, 1.165) is 5.56 Å². The zero-order chi connectivity index (χ0) is 11.3. The van der Waals surface area contributed by atoms with Gasteiger partial charge in [-0.3, -0.25) is 4.99 Å². The number of rotatable bonds is 4. The van der Waals surface area contributed by atoms with Crippen molar-refractivity contribution >= 4 is 6.21 Å². The Hall–Kier alpha value is -1.15. The Bertz CT molecular complexity index is 331. The summed E-state index contributed by atoms with van der Waals surface area (Å²) in [5.74, 6) is 0.371. The molecule has 0 bridgehead atoms. The van der Waals surface area contributed by atoms with Gasteiger partial charge in [0.1, 0.15) is 0 Å². The van der Waals surface area contributed by atoms with Crippen molar-refractivity contribution in [3.63, 3.8) is 0 Å². The molecule has 2 nitrogen and oxygen atoms in total. The second-order valence-electron chi connectivity index (χ2n) is 4.13. The van der Waals surface area contributed by atoms with Crippen molar-refractivity contribution in [2.45, 2.75) is 26.8 Å². The van der Waals surface area contributed by atoms with Crippen molar-refractivity contribution in [1.82, 2.24) is 0 Å². The molecule has 1 atom stereocenters. The van der Waals surface area contributed by atoms with Crippen LogP contribution in [0.1, 0.15) is 25.0 Å². The predicted molar refractivity (Wildman–Crippen MR) is 64.5 cm³/mol. The second-order valence-corrected chi connectivity index (χ2v) is 4.13. The van der Waals surface area contributed by atoms with Gasteiger partial charge in [0.25, 0.3) is 0 Å². The molecule has 0 aliphatic heterocycles. The fourth-order valence-corrected chi connectivity index (χ4v) is 1.34. The lowest BCUT2D eigenvalue weighted by Crippen LogP contribution is -2.17. The van der Waals surface area contributed by atoms with Crippen LogP contribution < -0.4 is 0 Å². The van der Waals surface area contributed by atoms with Crippen molar-refractivity contribution in [3.05, 3.63) is 35.4 Å².